The van der Waals surface area contributed by atoms with Crippen molar-refractivity contribution in [1.82, 2.24) is 10.2 Å². The van der Waals surface area contributed by atoms with Crippen LogP contribution in [0.15, 0.2) is 0 Å². The number of carbonyl (C=O) groups is 2. The Balaban J connectivity index is 2.95. The first kappa shape index (κ1) is 17.0. The summed E-state index contributed by atoms with van der Waals surface area (Å²) in [6.07, 6.45) is 2.02. The van der Waals surface area contributed by atoms with Crippen molar-refractivity contribution < 1.29 is 9.59 Å². The summed E-state index contributed by atoms with van der Waals surface area (Å²) >= 11 is 0. The molecule has 0 spiro atoms. The summed E-state index contributed by atoms with van der Waals surface area (Å²) in [4.78, 5) is 26.8. The van der Waals surface area contributed by atoms with Crippen LogP contribution in [0.5, 0.6) is 0 Å². The quantitative estimate of drug-likeness (QED) is 0.861. The molecule has 1 saturated heterocycles. The van der Waals surface area contributed by atoms with Crippen LogP contribution in [0.1, 0.15) is 61.3 Å². The summed E-state index contributed by atoms with van der Waals surface area (Å²) in [6.45, 7) is 14.6. The standard InChI is InChI=1S/C16H30N2O2/c1-11(2)9-8-10-18-12(15(3,4)5)13(19)17-16(6,7)14(18)20/h11-12H,8-10H2,1-7H3,(H,17,19). The van der Waals surface area contributed by atoms with Crippen LogP contribution in [0.3, 0.4) is 0 Å². The topological polar surface area (TPSA) is 49.4 Å². The fourth-order valence-electron chi connectivity index (χ4n) is 2.81. The Kier molecular flexibility index (Phi) is 4.88. The predicted octanol–water partition coefficient (Wildman–Crippen LogP) is 2.57. The van der Waals surface area contributed by atoms with Crippen molar-refractivity contribution in [3.63, 3.8) is 0 Å². The molecule has 4 heteroatoms. The lowest BCUT2D eigenvalue weighted by Crippen LogP contribution is -2.70. The maximum absolute atomic E-state index is 12.6. The summed E-state index contributed by atoms with van der Waals surface area (Å²) in [6, 6.07) is -0.379. The highest BCUT2D eigenvalue weighted by Gasteiger charge is 2.49. The summed E-state index contributed by atoms with van der Waals surface area (Å²) < 4.78 is 0. The molecule has 0 aliphatic carbocycles. The van der Waals surface area contributed by atoms with E-state index in [0.29, 0.717) is 12.5 Å². The van der Waals surface area contributed by atoms with Crippen LogP contribution in [0.25, 0.3) is 0 Å². The van der Waals surface area contributed by atoms with E-state index in [2.05, 4.69) is 19.2 Å². The van der Waals surface area contributed by atoms with E-state index in [9.17, 15) is 9.59 Å². The van der Waals surface area contributed by atoms with Gasteiger partial charge < -0.3 is 10.2 Å². The third-order valence-corrected chi connectivity index (χ3v) is 3.79. The first-order valence-corrected chi connectivity index (χ1v) is 7.60. The van der Waals surface area contributed by atoms with Gasteiger partial charge in [-0.15, -0.1) is 0 Å². The molecule has 1 aliphatic heterocycles. The van der Waals surface area contributed by atoms with Crippen molar-refractivity contribution >= 4 is 11.8 Å². The molecule has 0 saturated carbocycles. The number of hydrogen-bond acceptors (Lipinski definition) is 2. The Labute approximate surface area is 123 Å². The minimum atomic E-state index is -0.795. The minimum Gasteiger partial charge on any atom is -0.340 e. The van der Waals surface area contributed by atoms with Gasteiger partial charge in [0.25, 0.3) is 0 Å². The molecule has 1 aliphatic rings. The zero-order valence-corrected chi connectivity index (χ0v) is 14.0. The highest BCUT2D eigenvalue weighted by atomic mass is 16.2. The Morgan fingerprint density at radius 3 is 2.25 bits per heavy atom. The van der Waals surface area contributed by atoms with Crippen LogP contribution >= 0.6 is 0 Å². The first-order chi connectivity index (χ1) is 8.97. The molecule has 20 heavy (non-hydrogen) atoms. The van der Waals surface area contributed by atoms with Crippen molar-refractivity contribution in [2.75, 3.05) is 6.54 Å². The van der Waals surface area contributed by atoms with Crippen molar-refractivity contribution in [3.05, 3.63) is 0 Å². The van der Waals surface area contributed by atoms with Gasteiger partial charge in [-0.3, -0.25) is 9.59 Å². The molecule has 2 amide bonds. The number of piperazine rings is 1. The van der Waals surface area contributed by atoms with Gasteiger partial charge in [0, 0.05) is 6.54 Å². The average molecular weight is 282 g/mol. The number of carbonyl (C=O) groups excluding carboxylic acids is 2. The van der Waals surface area contributed by atoms with Crippen molar-refractivity contribution in [2.45, 2.75) is 72.9 Å². The molecule has 0 aromatic heterocycles. The largest absolute Gasteiger partial charge is 0.340 e. The Hall–Kier alpha value is -1.06. The van der Waals surface area contributed by atoms with Gasteiger partial charge in [0.2, 0.25) is 11.8 Å². The van der Waals surface area contributed by atoms with E-state index >= 15 is 0 Å². The Morgan fingerprint density at radius 1 is 1.25 bits per heavy atom. The molecule has 1 N–H and O–H groups in total. The molecule has 0 aromatic carbocycles. The molecule has 0 aromatic rings. The van der Waals surface area contributed by atoms with Crippen molar-refractivity contribution in [2.24, 2.45) is 11.3 Å². The first-order valence-electron chi connectivity index (χ1n) is 7.60. The summed E-state index contributed by atoms with van der Waals surface area (Å²) in [5, 5.41) is 2.86. The van der Waals surface area contributed by atoms with Gasteiger partial charge in [0.05, 0.1) is 0 Å². The van der Waals surface area contributed by atoms with Gasteiger partial charge >= 0.3 is 0 Å². The second-order valence-corrected chi connectivity index (χ2v) is 7.92. The monoisotopic (exact) mass is 282 g/mol. The third-order valence-electron chi connectivity index (χ3n) is 3.79. The Bertz CT molecular complexity index is 380. The summed E-state index contributed by atoms with van der Waals surface area (Å²) in [7, 11) is 0. The molecule has 1 unspecified atom stereocenters. The minimum absolute atomic E-state index is 0.0285. The second-order valence-electron chi connectivity index (χ2n) is 7.92. The van der Waals surface area contributed by atoms with Crippen molar-refractivity contribution in [3.8, 4) is 0 Å². The van der Waals surface area contributed by atoms with Gasteiger partial charge in [-0.25, -0.2) is 0 Å². The van der Waals surface area contributed by atoms with Crippen LogP contribution in [0.4, 0.5) is 0 Å². The molecule has 0 bridgehead atoms. The van der Waals surface area contributed by atoms with Crippen LogP contribution < -0.4 is 5.32 Å². The smallest absolute Gasteiger partial charge is 0.248 e. The van der Waals surface area contributed by atoms with Crippen LogP contribution in [0.2, 0.25) is 0 Å². The molecule has 4 nitrogen and oxygen atoms in total. The summed E-state index contributed by atoms with van der Waals surface area (Å²) in [5.41, 5.74) is -1.05. The molecule has 0 radical (unpaired) electrons. The highest BCUT2D eigenvalue weighted by molar-refractivity contribution is 5.99. The third kappa shape index (κ3) is 3.74. The lowest BCUT2D eigenvalue weighted by molar-refractivity contribution is -0.158. The van der Waals surface area contributed by atoms with Crippen LogP contribution in [-0.2, 0) is 9.59 Å². The normalized spacial score (nSPS) is 23.2. The molecule has 1 fully saturated rings. The number of amides is 2. The maximum Gasteiger partial charge on any atom is 0.248 e. The molecular weight excluding hydrogens is 252 g/mol. The maximum atomic E-state index is 12.6. The predicted molar refractivity (Wildman–Crippen MR) is 81.2 cm³/mol. The number of nitrogens with one attached hydrogen (secondary N) is 1. The molecule has 116 valence electrons. The number of nitrogens with zero attached hydrogens (tertiary/aromatic N) is 1. The SMILES string of the molecule is CC(C)CCCN1C(=O)C(C)(C)NC(=O)C1C(C)(C)C. The van der Waals surface area contributed by atoms with Crippen LogP contribution in [0, 0.1) is 11.3 Å². The number of hydrogen-bond donors (Lipinski definition) is 1. The fourth-order valence-corrected chi connectivity index (χ4v) is 2.81. The molecule has 1 heterocycles. The molecule has 1 atom stereocenters. The van der Waals surface area contributed by atoms with Gasteiger partial charge in [-0.2, -0.15) is 0 Å². The van der Waals surface area contributed by atoms with E-state index in [1.54, 1.807) is 18.7 Å². The summed E-state index contributed by atoms with van der Waals surface area (Å²) in [5.74, 6) is 0.609. The van der Waals surface area contributed by atoms with E-state index in [1.165, 1.54) is 0 Å². The van der Waals surface area contributed by atoms with Crippen LogP contribution in [-0.4, -0.2) is 34.8 Å². The lowest BCUT2D eigenvalue weighted by Gasteiger charge is -2.47. The van der Waals surface area contributed by atoms with E-state index in [1.807, 2.05) is 20.8 Å². The Morgan fingerprint density at radius 2 is 1.80 bits per heavy atom. The van der Waals surface area contributed by atoms with E-state index < -0.39 is 5.54 Å². The second kappa shape index (κ2) is 5.74. The zero-order chi connectivity index (χ0) is 15.7. The van der Waals surface area contributed by atoms with Crippen molar-refractivity contribution in [1.29, 1.82) is 0 Å². The van der Waals surface area contributed by atoms with E-state index in [0.717, 1.165) is 12.8 Å². The fraction of sp³-hybridized carbons (Fsp3) is 0.875. The molecular formula is C16H30N2O2. The van der Waals surface area contributed by atoms with E-state index in [4.69, 9.17) is 0 Å². The van der Waals surface area contributed by atoms with Gasteiger partial charge in [0.1, 0.15) is 11.6 Å². The average Bonchev–Trinajstić information content (AvgIpc) is 2.21. The number of rotatable bonds is 4. The van der Waals surface area contributed by atoms with Gasteiger partial charge in [-0.05, 0) is 38.0 Å². The van der Waals surface area contributed by atoms with Gasteiger partial charge in [0.15, 0.2) is 0 Å². The lowest BCUT2D eigenvalue weighted by atomic mass is 9.81. The van der Waals surface area contributed by atoms with E-state index in [-0.39, 0.29) is 23.3 Å². The zero-order valence-electron chi connectivity index (χ0n) is 14.0. The molecule has 1 rings (SSSR count). The highest BCUT2D eigenvalue weighted by Crippen LogP contribution is 2.30. The van der Waals surface area contributed by atoms with Gasteiger partial charge in [-0.1, -0.05) is 34.6 Å².